The molecule has 0 bridgehead atoms. The van der Waals surface area contributed by atoms with Crippen molar-refractivity contribution in [3.8, 4) is 11.1 Å². The lowest BCUT2D eigenvalue weighted by Crippen LogP contribution is -2.13. The highest BCUT2D eigenvalue weighted by molar-refractivity contribution is 5.81. The highest BCUT2D eigenvalue weighted by Crippen LogP contribution is 2.38. The number of aryl methyl sites for hydroxylation is 3. The van der Waals surface area contributed by atoms with Gasteiger partial charge in [0.05, 0.1) is 29.4 Å². The molecule has 5 aromatic rings. The highest BCUT2D eigenvalue weighted by atomic mass is 16.5. The van der Waals surface area contributed by atoms with Gasteiger partial charge in [-0.05, 0) is 158 Å². The van der Waals surface area contributed by atoms with Crippen LogP contribution in [0.3, 0.4) is 0 Å². The van der Waals surface area contributed by atoms with Crippen LogP contribution in [0.2, 0.25) is 0 Å². The molecule has 6 nitrogen and oxygen atoms in total. The number of rotatable bonds is 25. The summed E-state index contributed by atoms with van der Waals surface area (Å²) in [5.41, 5.74) is 11.6. The largest absolute Gasteiger partial charge is 0.463 e. The zero-order valence-electron chi connectivity index (χ0n) is 37.2. The molecule has 0 heterocycles. The number of hydrogen-bond donors (Lipinski definition) is 0. The van der Waals surface area contributed by atoms with Crippen molar-refractivity contribution in [3.63, 3.8) is 0 Å². The molecule has 0 N–H and O–H groups in total. The number of unbranched alkanes of at least 4 members (excludes halogenated alkanes) is 8. The summed E-state index contributed by atoms with van der Waals surface area (Å²) in [4.78, 5) is 11.1. The molecule has 1 saturated carbocycles. The molecular weight excluding hydrogens is 761 g/mol. The molecule has 0 atom stereocenters. The van der Waals surface area contributed by atoms with Crippen molar-refractivity contribution >= 4 is 28.7 Å². The van der Waals surface area contributed by atoms with Gasteiger partial charge in [-0.25, -0.2) is 4.79 Å². The average Bonchev–Trinajstić information content (AvgIpc) is 3.32. The summed E-state index contributed by atoms with van der Waals surface area (Å²) in [6.45, 7) is 6.15. The molecule has 0 unspecified atom stereocenters. The van der Waals surface area contributed by atoms with Crippen molar-refractivity contribution in [2.45, 2.75) is 135 Å². The van der Waals surface area contributed by atoms with Crippen LogP contribution in [0.1, 0.15) is 138 Å². The van der Waals surface area contributed by atoms with E-state index in [4.69, 9.17) is 4.74 Å². The first-order valence-electron chi connectivity index (χ1n) is 23.6. The Morgan fingerprint density at radius 1 is 0.516 bits per heavy atom. The van der Waals surface area contributed by atoms with Crippen LogP contribution in [0.5, 0.6) is 0 Å². The van der Waals surface area contributed by atoms with Crippen molar-refractivity contribution in [1.82, 2.24) is 0 Å². The van der Waals surface area contributed by atoms with Crippen molar-refractivity contribution < 1.29 is 9.53 Å². The van der Waals surface area contributed by atoms with Gasteiger partial charge in [0.2, 0.25) is 0 Å². The molecule has 1 aliphatic rings. The summed E-state index contributed by atoms with van der Waals surface area (Å²) in [6, 6.07) is 43.1. The number of azo groups is 2. The molecule has 1 aliphatic carbocycles. The predicted octanol–water partition coefficient (Wildman–Crippen LogP) is 17.2. The quantitative estimate of drug-likeness (QED) is 0.0254. The zero-order chi connectivity index (χ0) is 43.0. The Morgan fingerprint density at radius 2 is 0.919 bits per heavy atom. The standard InChI is InChI=1S/C56H68N4O2/c1-3-15-44-23-35-52(36-24-44)57-59-54-39-41-55(42-40-54)60-58-53-37-25-47(26-38-53)18-12-8-6-5-7-11-16-45-19-27-48(28-20-45)50-31-33-51(34-32-50)49-29-21-46(22-30-49)17-13-9-10-14-43-62-56(61)4-2/h4,19-20,23-28,31-42,46,49H,2-3,5-18,21-22,29-30,43H2,1H3. The Kier molecular flexibility index (Phi) is 19.4. The predicted molar refractivity (Wildman–Crippen MR) is 258 cm³/mol. The third-order valence-corrected chi connectivity index (χ3v) is 12.4. The smallest absolute Gasteiger partial charge is 0.330 e. The van der Waals surface area contributed by atoms with Crippen LogP contribution in [0.25, 0.3) is 11.1 Å². The van der Waals surface area contributed by atoms with Crippen LogP contribution in [-0.2, 0) is 28.8 Å². The van der Waals surface area contributed by atoms with E-state index < -0.39 is 0 Å². The minimum atomic E-state index is -0.313. The summed E-state index contributed by atoms with van der Waals surface area (Å²) in [5, 5.41) is 17.6. The highest BCUT2D eigenvalue weighted by Gasteiger charge is 2.22. The Bertz CT molecular complexity index is 2100. The van der Waals surface area contributed by atoms with Gasteiger partial charge < -0.3 is 4.74 Å². The van der Waals surface area contributed by atoms with E-state index in [1.165, 1.54) is 123 Å². The van der Waals surface area contributed by atoms with Gasteiger partial charge >= 0.3 is 5.97 Å². The number of nitrogens with zero attached hydrogens (tertiary/aromatic N) is 4. The van der Waals surface area contributed by atoms with Crippen LogP contribution < -0.4 is 0 Å². The lowest BCUT2D eigenvalue weighted by molar-refractivity contribution is -0.137. The topological polar surface area (TPSA) is 75.7 Å². The Labute approximate surface area is 372 Å². The van der Waals surface area contributed by atoms with Crippen LogP contribution >= 0.6 is 0 Å². The third kappa shape index (κ3) is 16.1. The van der Waals surface area contributed by atoms with Crippen LogP contribution in [0.15, 0.2) is 154 Å². The molecule has 0 aliphatic heterocycles. The van der Waals surface area contributed by atoms with Gasteiger partial charge in [0, 0.05) is 6.08 Å². The second kappa shape index (κ2) is 26.1. The van der Waals surface area contributed by atoms with Crippen molar-refractivity contribution in [2.24, 2.45) is 26.4 Å². The first-order valence-corrected chi connectivity index (χ1v) is 23.6. The van der Waals surface area contributed by atoms with E-state index in [0.29, 0.717) is 12.5 Å². The number of esters is 1. The van der Waals surface area contributed by atoms with Crippen molar-refractivity contribution in [1.29, 1.82) is 0 Å². The van der Waals surface area contributed by atoms with Crippen LogP contribution in [0, 0.1) is 5.92 Å². The lowest BCUT2D eigenvalue weighted by Gasteiger charge is -2.29. The Balaban J connectivity index is 0.790. The molecular formula is C56H68N4O2. The number of carbonyl (C=O) groups excluding carboxylic acids is 1. The monoisotopic (exact) mass is 829 g/mol. The fourth-order valence-corrected chi connectivity index (χ4v) is 8.65. The van der Waals surface area contributed by atoms with Gasteiger partial charge in [-0.15, -0.1) is 0 Å². The van der Waals surface area contributed by atoms with Crippen molar-refractivity contribution in [3.05, 3.63) is 156 Å². The van der Waals surface area contributed by atoms with Gasteiger partial charge in [-0.3, -0.25) is 0 Å². The average molecular weight is 829 g/mol. The maximum Gasteiger partial charge on any atom is 0.330 e. The molecule has 5 aromatic carbocycles. The lowest BCUT2D eigenvalue weighted by atomic mass is 9.77. The minimum absolute atomic E-state index is 0.313. The molecule has 62 heavy (non-hydrogen) atoms. The Hall–Kier alpha value is -5.49. The van der Waals surface area contributed by atoms with Gasteiger partial charge in [-0.2, -0.15) is 20.5 Å². The molecule has 0 amide bonds. The first-order chi connectivity index (χ1) is 30.5. The minimum Gasteiger partial charge on any atom is -0.463 e. The van der Waals surface area contributed by atoms with E-state index in [-0.39, 0.29) is 5.97 Å². The summed E-state index contributed by atoms with van der Waals surface area (Å²) in [7, 11) is 0. The third-order valence-electron chi connectivity index (χ3n) is 12.4. The molecule has 0 spiro atoms. The maximum atomic E-state index is 11.1. The molecule has 0 saturated heterocycles. The second-order valence-corrected chi connectivity index (χ2v) is 17.2. The first kappa shape index (κ1) is 46.0. The summed E-state index contributed by atoms with van der Waals surface area (Å²) in [5.74, 6) is 1.26. The molecule has 6 rings (SSSR count). The number of benzene rings is 5. The van der Waals surface area contributed by atoms with E-state index in [0.717, 1.165) is 67.2 Å². The van der Waals surface area contributed by atoms with Gasteiger partial charge in [0.15, 0.2) is 0 Å². The maximum absolute atomic E-state index is 11.1. The van der Waals surface area contributed by atoms with Crippen LogP contribution in [-0.4, -0.2) is 12.6 Å². The van der Waals surface area contributed by atoms with E-state index in [1.54, 1.807) is 0 Å². The van der Waals surface area contributed by atoms with Crippen LogP contribution in [0.4, 0.5) is 22.7 Å². The van der Waals surface area contributed by atoms with E-state index in [2.05, 4.69) is 119 Å². The van der Waals surface area contributed by atoms with E-state index >= 15 is 0 Å². The summed E-state index contributed by atoms with van der Waals surface area (Å²) >= 11 is 0. The molecule has 324 valence electrons. The molecule has 0 aromatic heterocycles. The van der Waals surface area contributed by atoms with Gasteiger partial charge in [0.1, 0.15) is 0 Å². The zero-order valence-corrected chi connectivity index (χ0v) is 37.2. The van der Waals surface area contributed by atoms with Gasteiger partial charge in [-0.1, -0.05) is 144 Å². The van der Waals surface area contributed by atoms with Gasteiger partial charge in [0.25, 0.3) is 0 Å². The number of hydrogen-bond acceptors (Lipinski definition) is 6. The fraction of sp³-hybridized carbons (Fsp3) is 0.411. The van der Waals surface area contributed by atoms with Crippen molar-refractivity contribution in [2.75, 3.05) is 6.61 Å². The molecule has 0 radical (unpaired) electrons. The Morgan fingerprint density at radius 3 is 1.40 bits per heavy atom. The van der Waals surface area contributed by atoms with E-state index in [9.17, 15) is 4.79 Å². The molecule has 6 heteroatoms. The summed E-state index contributed by atoms with van der Waals surface area (Å²) in [6.07, 6.45) is 24.6. The van der Waals surface area contributed by atoms with E-state index in [1.807, 2.05) is 36.4 Å². The number of ether oxygens (including phenoxy) is 1. The normalized spacial score (nSPS) is 15.3. The second-order valence-electron chi connectivity index (χ2n) is 17.2. The number of carbonyl (C=O) groups is 1. The molecule has 1 fully saturated rings. The fourth-order valence-electron chi connectivity index (χ4n) is 8.65. The summed E-state index contributed by atoms with van der Waals surface area (Å²) < 4.78 is 5.08. The SMILES string of the molecule is C=CC(=O)OCCCCCCC1CCC(c2ccc(-c3ccc(CCCCCCCCc4ccc(N=Nc5ccc(N=Nc6ccc(CCC)cc6)cc5)cc4)cc3)cc2)CC1.